The van der Waals surface area contributed by atoms with Gasteiger partial charge in [0.05, 0.1) is 0 Å². The molecule has 1 atom stereocenters. The van der Waals surface area contributed by atoms with Gasteiger partial charge in [0, 0.05) is 32.2 Å². The quantitative estimate of drug-likeness (QED) is 0.870. The second-order valence-corrected chi connectivity index (χ2v) is 5.81. The van der Waals surface area contributed by atoms with Gasteiger partial charge in [-0.2, -0.15) is 11.3 Å². The van der Waals surface area contributed by atoms with Crippen molar-refractivity contribution in [3.63, 3.8) is 0 Å². The Bertz CT molecular complexity index is 332. The van der Waals surface area contributed by atoms with Crippen LogP contribution in [0.1, 0.15) is 25.0 Å². The second-order valence-electron chi connectivity index (χ2n) is 5.07. The lowest BCUT2D eigenvalue weighted by atomic mass is 10.00. The van der Waals surface area contributed by atoms with Crippen molar-refractivity contribution >= 4 is 11.3 Å². The molecule has 2 heterocycles. The first-order chi connectivity index (χ1) is 7.68. The number of aryl methyl sites for hydroxylation is 1. The molecular weight excluding hydrogens is 216 g/mol. The summed E-state index contributed by atoms with van der Waals surface area (Å²) < 4.78 is 0. The van der Waals surface area contributed by atoms with Gasteiger partial charge in [-0.15, -0.1) is 0 Å². The Balaban J connectivity index is 2.04. The highest BCUT2D eigenvalue weighted by Gasteiger charge is 2.25. The van der Waals surface area contributed by atoms with E-state index in [1.807, 2.05) is 11.3 Å². The van der Waals surface area contributed by atoms with E-state index in [0.29, 0.717) is 6.04 Å². The number of thiophene rings is 1. The maximum absolute atomic E-state index is 3.50. The molecule has 1 aliphatic rings. The third-order valence-electron chi connectivity index (χ3n) is 3.50. The summed E-state index contributed by atoms with van der Waals surface area (Å²) in [6.07, 6.45) is 0. The predicted octanol–water partition coefficient (Wildman–Crippen LogP) is 2.49. The molecule has 0 amide bonds. The van der Waals surface area contributed by atoms with E-state index in [0.717, 1.165) is 25.6 Å². The van der Waals surface area contributed by atoms with Crippen molar-refractivity contribution in [1.82, 2.24) is 10.2 Å². The van der Waals surface area contributed by atoms with Crippen molar-refractivity contribution in [2.45, 2.75) is 33.4 Å². The molecule has 0 saturated carbocycles. The average molecular weight is 238 g/mol. The van der Waals surface area contributed by atoms with Gasteiger partial charge in [-0.3, -0.25) is 4.90 Å². The van der Waals surface area contributed by atoms with E-state index >= 15 is 0 Å². The Labute approximate surface area is 103 Å². The maximum Gasteiger partial charge on any atom is 0.0248 e. The van der Waals surface area contributed by atoms with E-state index in [9.17, 15) is 0 Å². The summed E-state index contributed by atoms with van der Waals surface area (Å²) in [7, 11) is 0. The van der Waals surface area contributed by atoms with Crippen LogP contribution in [0.4, 0.5) is 0 Å². The fraction of sp³-hybridized carbons (Fsp3) is 0.692. The normalized spacial score (nSPS) is 22.9. The topological polar surface area (TPSA) is 15.3 Å². The van der Waals surface area contributed by atoms with Gasteiger partial charge in [0.25, 0.3) is 0 Å². The molecule has 0 aliphatic carbocycles. The van der Waals surface area contributed by atoms with Crippen LogP contribution in [-0.4, -0.2) is 30.6 Å². The summed E-state index contributed by atoms with van der Waals surface area (Å²) in [5.74, 6) is 0.728. The molecule has 2 nitrogen and oxygen atoms in total. The largest absolute Gasteiger partial charge is 0.314 e. The molecule has 0 spiro atoms. The van der Waals surface area contributed by atoms with E-state index in [1.165, 1.54) is 17.7 Å². The van der Waals surface area contributed by atoms with Crippen molar-refractivity contribution in [1.29, 1.82) is 0 Å². The maximum atomic E-state index is 3.50. The van der Waals surface area contributed by atoms with Crippen LogP contribution < -0.4 is 5.32 Å². The van der Waals surface area contributed by atoms with Crippen molar-refractivity contribution in [2.75, 3.05) is 19.6 Å². The zero-order valence-corrected chi connectivity index (χ0v) is 11.3. The summed E-state index contributed by atoms with van der Waals surface area (Å²) in [5.41, 5.74) is 2.96. The standard InChI is InChI=1S/C13H22N2S/c1-10(2)13-6-14-4-5-15(13)7-12-9-16-8-11(12)3/h8-10,13-14H,4-7H2,1-3H3. The van der Waals surface area contributed by atoms with E-state index < -0.39 is 0 Å². The Kier molecular flexibility index (Phi) is 4.00. The number of nitrogens with one attached hydrogen (secondary N) is 1. The van der Waals surface area contributed by atoms with E-state index in [4.69, 9.17) is 0 Å². The predicted molar refractivity (Wildman–Crippen MR) is 71.0 cm³/mol. The lowest BCUT2D eigenvalue weighted by Gasteiger charge is -2.38. The minimum absolute atomic E-state index is 0.688. The fourth-order valence-corrected chi connectivity index (χ4v) is 3.24. The number of rotatable bonds is 3. The molecule has 0 aromatic carbocycles. The Morgan fingerprint density at radius 1 is 1.50 bits per heavy atom. The molecule has 1 N–H and O–H groups in total. The molecule has 1 aromatic rings. The van der Waals surface area contributed by atoms with Crippen LogP contribution >= 0.6 is 11.3 Å². The van der Waals surface area contributed by atoms with Crippen molar-refractivity contribution in [3.8, 4) is 0 Å². The smallest absolute Gasteiger partial charge is 0.0248 e. The minimum atomic E-state index is 0.688. The summed E-state index contributed by atoms with van der Waals surface area (Å²) in [6.45, 7) is 11.4. The first-order valence-electron chi connectivity index (χ1n) is 6.15. The summed E-state index contributed by atoms with van der Waals surface area (Å²) in [5, 5.41) is 8.05. The van der Waals surface area contributed by atoms with Gasteiger partial charge < -0.3 is 5.32 Å². The summed E-state index contributed by atoms with van der Waals surface area (Å²) in [6, 6.07) is 0.688. The molecule has 1 aromatic heterocycles. The number of hydrogen-bond donors (Lipinski definition) is 1. The third-order valence-corrected chi connectivity index (χ3v) is 4.41. The lowest BCUT2D eigenvalue weighted by Crippen LogP contribution is -2.52. The van der Waals surface area contributed by atoms with Crippen LogP contribution in [0.5, 0.6) is 0 Å². The van der Waals surface area contributed by atoms with E-state index in [-0.39, 0.29) is 0 Å². The van der Waals surface area contributed by atoms with Gasteiger partial charge in [-0.1, -0.05) is 13.8 Å². The molecular formula is C13H22N2S. The van der Waals surface area contributed by atoms with E-state index in [1.54, 1.807) is 0 Å². The van der Waals surface area contributed by atoms with Crippen LogP contribution in [0, 0.1) is 12.8 Å². The molecule has 1 saturated heterocycles. The number of piperazine rings is 1. The molecule has 1 unspecified atom stereocenters. The van der Waals surface area contributed by atoms with Crippen LogP contribution in [0.2, 0.25) is 0 Å². The first-order valence-corrected chi connectivity index (χ1v) is 7.09. The van der Waals surface area contributed by atoms with Crippen LogP contribution in [0.3, 0.4) is 0 Å². The van der Waals surface area contributed by atoms with Gasteiger partial charge >= 0.3 is 0 Å². The SMILES string of the molecule is Cc1cscc1CN1CCNCC1C(C)C. The van der Waals surface area contributed by atoms with Crippen molar-refractivity contribution in [3.05, 3.63) is 21.9 Å². The van der Waals surface area contributed by atoms with Gasteiger partial charge in [-0.25, -0.2) is 0 Å². The summed E-state index contributed by atoms with van der Waals surface area (Å²) >= 11 is 1.82. The molecule has 1 fully saturated rings. The third kappa shape index (κ3) is 2.65. The van der Waals surface area contributed by atoms with Gasteiger partial charge in [-0.05, 0) is 34.7 Å². The molecule has 0 bridgehead atoms. The second kappa shape index (κ2) is 5.30. The van der Waals surface area contributed by atoms with Crippen LogP contribution in [0.25, 0.3) is 0 Å². The van der Waals surface area contributed by atoms with Gasteiger partial charge in [0.15, 0.2) is 0 Å². The number of nitrogens with zero attached hydrogens (tertiary/aromatic N) is 1. The zero-order valence-electron chi connectivity index (χ0n) is 10.5. The highest BCUT2D eigenvalue weighted by atomic mass is 32.1. The minimum Gasteiger partial charge on any atom is -0.314 e. The Hall–Kier alpha value is -0.380. The zero-order chi connectivity index (χ0) is 11.5. The van der Waals surface area contributed by atoms with Gasteiger partial charge in [0.2, 0.25) is 0 Å². The molecule has 3 heteroatoms. The lowest BCUT2D eigenvalue weighted by molar-refractivity contribution is 0.117. The van der Waals surface area contributed by atoms with Crippen LogP contribution in [0.15, 0.2) is 10.8 Å². The van der Waals surface area contributed by atoms with Crippen LogP contribution in [-0.2, 0) is 6.54 Å². The first kappa shape index (κ1) is 12.1. The monoisotopic (exact) mass is 238 g/mol. The molecule has 2 rings (SSSR count). The Morgan fingerprint density at radius 2 is 2.31 bits per heavy atom. The average Bonchev–Trinajstić information content (AvgIpc) is 2.65. The highest BCUT2D eigenvalue weighted by molar-refractivity contribution is 7.08. The molecule has 0 radical (unpaired) electrons. The Morgan fingerprint density at radius 3 is 2.94 bits per heavy atom. The summed E-state index contributed by atoms with van der Waals surface area (Å²) in [4.78, 5) is 2.64. The number of hydrogen-bond acceptors (Lipinski definition) is 3. The fourth-order valence-electron chi connectivity index (χ4n) is 2.39. The van der Waals surface area contributed by atoms with E-state index in [2.05, 4.69) is 41.7 Å². The highest BCUT2D eigenvalue weighted by Crippen LogP contribution is 2.20. The molecule has 16 heavy (non-hydrogen) atoms. The molecule has 90 valence electrons. The van der Waals surface area contributed by atoms with Crippen molar-refractivity contribution < 1.29 is 0 Å². The molecule has 1 aliphatic heterocycles. The van der Waals surface area contributed by atoms with Gasteiger partial charge in [0.1, 0.15) is 0 Å². The van der Waals surface area contributed by atoms with Crippen molar-refractivity contribution in [2.24, 2.45) is 5.92 Å².